The van der Waals surface area contributed by atoms with Gasteiger partial charge in [-0.25, -0.2) is 30.7 Å². The van der Waals surface area contributed by atoms with Crippen LogP contribution in [0.1, 0.15) is 47.0 Å². The van der Waals surface area contributed by atoms with Crippen LogP contribution in [0.2, 0.25) is 0 Å². The molecule has 0 heterocycles. The summed E-state index contributed by atoms with van der Waals surface area (Å²) < 4.78 is 205. The van der Waals surface area contributed by atoms with Crippen LogP contribution in [0.25, 0.3) is 0 Å². The van der Waals surface area contributed by atoms with Gasteiger partial charge in [0.25, 0.3) is 0 Å². The molecule has 3 atom stereocenters. The summed E-state index contributed by atoms with van der Waals surface area (Å²) in [5, 5.41) is 0. The second kappa shape index (κ2) is 65.5. The molecular formula is C25H40Cl12F22. The van der Waals surface area contributed by atoms with Crippen LogP contribution in [0.4, 0.5) is 97.5 Å². The van der Waals surface area contributed by atoms with E-state index < -0.39 is 82.3 Å². The highest BCUT2D eigenvalue weighted by atomic mass is 35.6. The second-order valence-corrected chi connectivity index (χ2v) is 12.5. The first kappa shape index (κ1) is 108. The smallest absolute Gasteiger partial charge is 0.269 e. The maximum atomic E-state index is 11.2. The third-order valence-electron chi connectivity index (χ3n) is 1.93. The van der Waals surface area contributed by atoms with E-state index in [0.717, 1.165) is 0 Å². The predicted molar refractivity (Wildman–Crippen MR) is 212 cm³/mol. The highest BCUT2D eigenvalue weighted by Crippen LogP contribution is 2.34. The van der Waals surface area contributed by atoms with Gasteiger partial charge in [0.2, 0.25) is 6.43 Å². The fraction of sp³-hybridized carbons (Fsp3) is 0.680. The van der Waals surface area contributed by atoms with Gasteiger partial charge in [-0.2, -0.15) is 52.7 Å². The average Bonchev–Trinajstić information content (AvgIpc) is 2.74. The molecule has 0 radical (unpaired) electrons. The lowest BCUT2D eigenvalue weighted by atomic mass is 10.4. The Morgan fingerprint density at radius 2 is 0.559 bits per heavy atom. The Hall–Kier alpha value is 0.900. The average molecular weight is 1180 g/mol. The van der Waals surface area contributed by atoms with Gasteiger partial charge in [-0.3, -0.25) is 14.1 Å². The van der Waals surface area contributed by atoms with Crippen molar-refractivity contribution in [1.82, 2.24) is 0 Å². The van der Waals surface area contributed by atoms with Crippen molar-refractivity contribution in [3.8, 4) is 0 Å². The molecular weight excluding hydrogens is 1140 g/mol. The molecule has 0 bridgehead atoms. The van der Waals surface area contributed by atoms with Gasteiger partial charge in [-0.05, 0) is 11.1 Å². The Morgan fingerprint density at radius 1 is 0.424 bits per heavy atom. The van der Waals surface area contributed by atoms with Crippen LogP contribution >= 0.6 is 141 Å². The summed E-state index contributed by atoms with van der Waals surface area (Å²) in [5.74, 6) is 0. The number of hydrogen-bond acceptors (Lipinski definition) is 0. The molecule has 34 heteroatoms. The topological polar surface area (TPSA) is 0 Å². The summed E-state index contributed by atoms with van der Waals surface area (Å²) >= 11 is 49.1. The molecule has 0 fully saturated rings. The minimum atomic E-state index is -4.73. The van der Waals surface area contributed by atoms with E-state index in [1.54, 1.807) is 0 Å². The van der Waals surface area contributed by atoms with E-state index in [1.165, 1.54) is 11.1 Å². The fourth-order valence-electron chi connectivity index (χ4n) is 0.875. The van der Waals surface area contributed by atoms with Crippen LogP contribution < -0.4 is 0 Å². The van der Waals surface area contributed by atoms with Crippen molar-refractivity contribution in [3.63, 3.8) is 0 Å². The molecule has 0 N–H and O–H groups in total. The zero-order chi connectivity index (χ0) is 44.8. The van der Waals surface area contributed by atoms with Crippen LogP contribution in [-0.2, 0) is 0 Å². The van der Waals surface area contributed by atoms with Gasteiger partial charge in [0.1, 0.15) is 11.3 Å². The van der Waals surface area contributed by atoms with Crippen molar-refractivity contribution in [3.05, 3.63) is 50.0 Å². The molecule has 0 saturated heterocycles. The zero-order valence-corrected chi connectivity index (χ0v) is 36.3. The van der Waals surface area contributed by atoms with Crippen LogP contribution in [-0.4, -0.2) is 56.7 Å². The van der Waals surface area contributed by atoms with E-state index in [9.17, 15) is 83.4 Å². The van der Waals surface area contributed by atoms with Gasteiger partial charge >= 0.3 is 24.7 Å². The van der Waals surface area contributed by atoms with E-state index in [-0.39, 0.29) is 72.9 Å². The Labute approximate surface area is 389 Å². The summed E-state index contributed by atoms with van der Waals surface area (Å²) in [6, 6.07) is 0. The molecule has 0 rings (SSSR count). The third kappa shape index (κ3) is 284. The summed E-state index contributed by atoms with van der Waals surface area (Å²) in [7, 11) is 0. The van der Waals surface area contributed by atoms with Gasteiger partial charge in [-0.1, -0.05) is 134 Å². The quantitative estimate of drug-likeness (QED) is 0.190. The van der Waals surface area contributed by atoms with Crippen LogP contribution in [0.5, 0.6) is 0 Å². The Kier molecular flexibility index (Phi) is 120. The van der Waals surface area contributed by atoms with Crippen molar-refractivity contribution in [2.45, 2.75) is 104 Å². The van der Waals surface area contributed by atoms with E-state index in [2.05, 4.69) is 61.1 Å². The normalized spacial score (nSPS) is 10.9. The number of alkyl halides is 25. The first-order valence-corrected chi connectivity index (χ1v) is 15.5. The molecule has 0 aliphatic heterocycles. The number of hydrogen-bond donors (Lipinski definition) is 0. The molecule has 0 saturated carbocycles. The lowest BCUT2D eigenvalue weighted by Gasteiger charge is -2.09. The van der Waals surface area contributed by atoms with Crippen molar-refractivity contribution >= 4 is 141 Å². The third-order valence-corrected chi connectivity index (χ3v) is 3.16. The Bertz CT molecular complexity index is 623. The molecule has 0 aromatic carbocycles. The first-order valence-electron chi connectivity index (χ1n) is 11.3. The SMILES string of the molecule is C.C.C=CCl.C=CCl.C=CF.C=CF.Cl.Cl.ClC(Cl)CC(Cl)(Cl)Cl.F.F.F.FC(Cl)CC(F)(F)F.FC(Cl)CC(F)(F)F.FC(Cl)CC(F)(F)F.FC(F)CC(F)(F)F. The molecule has 378 valence electrons. The Balaban J connectivity index is -0.0000000255. The summed E-state index contributed by atoms with van der Waals surface area (Å²) in [6.07, 6.45) is -27.5. The Morgan fingerprint density at radius 3 is 0.559 bits per heavy atom. The summed E-state index contributed by atoms with van der Waals surface area (Å²) in [6.45, 7) is 11.6. The molecule has 0 amide bonds. The predicted octanol–water partition coefficient (Wildman–Crippen LogP) is 20.7. The summed E-state index contributed by atoms with van der Waals surface area (Å²) in [5.41, 5.74) is -4.49. The molecule has 0 spiro atoms. The van der Waals surface area contributed by atoms with Gasteiger partial charge in [0.05, 0.1) is 31.9 Å². The van der Waals surface area contributed by atoms with Gasteiger partial charge in [0.15, 0.2) is 20.7 Å². The highest BCUT2D eigenvalue weighted by molar-refractivity contribution is 6.68. The van der Waals surface area contributed by atoms with Gasteiger partial charge < -0.3 is 0 Å². The fourth-order valence-corrected chi connectivity index (χ4v) is 2.80. The molecule has 0 aliphatic rings. The lowest BCUT2D eigenvalue weighted by Crippen LogP contribution is -2.12. The molecule has 0 nitrogen and oxygen atoms in total. The first-order chi connectivity index (χ1) is 22.7. The van der Waals surface area contributed by atoms with E-state index in [4.69, 9.17) is 81.2 Å². The summed E-state index contributed by atoms with van der Waals surface area (Å²) in [4.78, 5) is -0.609. The minimum absolute atomic E-state index is 0. The monoisotopic (exact) mass is 1180 g/mol. The number of rotatable bonds is 5. The standard InChI is InChI=1S/C3H3Cl5.3C3H3ClF4.C3H3F5.2C2H3Cl.2C2H3F.2CH4.2ClH.3FH/c5*4-2(5)1-3(6,7)8;4*1-2-3;;;;;;;/h5*2H,1H2;4*2H,1H2;2*1H4;5*1H. The van der Waals surface area contributed by atoms with E-state index in [0.29, 0.717) is 0 Å². The van der Waals surface area contributed by atoms with Crippen molar-refractivity contribution < 1.29 is 97.5 Å². The van der Waals surface area contributed by atoms with Gasteiger partial charge in [0, 0.05) is 6.42 Å². The number of halogens is 34. The largest absolute Gasteiger partial charge is 0.394 e. The molecule has 0 aliphatic carbocycles. The molecule has 0 aromatic heterocycles. The maximum absolute atomic E-state index is 11.2. The second-order valence-electron chi connectivity index (χ2n) is 6.67. The van der Waals surface area contributed by atoms with Crippen molar-refractivity contribution in [2.75, 3.05) is 0 Å². The van der Waals surface area contributed by atoms with Crippen LogP contribution in [0, 0.1) is 0 Å². The van der Waals surface area contributed by atoms with Crippen LogP contribution in [0.3, 0.4) is 0 Å². The van der Waals surface area contributed by atoms with Crippen LogP contribution in [0.15, 0.2) is 50.0 Å². The minimum Gasteiger partial charge on any atom is -0.269 e. The maximum Gasteiger partial charge on any atom is 0.394 e. The van der Waals surface area contributed by atoms with Crippen molar-refractivity contribution in [2.24, 2.45) is 0 Å². The van der Waals surface area contributed by atoms with Gasteiger partial charge in [-0.15, -0.1) is 48.0 Å². The van der Waals surface area contributed by atoms with E-state index in [1.807, 2.05) is 0 Å². The molecule has 59 heavy (non-hydrogen) atoms. The highest BCUT2D eigenvalue weighted by Gasteiger charge is 2.33. The molecule has 3 unspecified atom stereocenters. The lowest BCUT2D eigenvalue weighted by molar-refractivity contribution is -0.158. The zero-order valence-electron chi connectivity index (χ0n) is 27.1. The molecule has 0 aromatic rings. The van der Waals surface area contributed by atoms with Crippen molar-refractivity contribution in [1.29, 1.82) is 0 Å². The van der Waals surface area contributed by atoms with E-state index >= 15 is 0 Å².